The second-order valence-corrected chi connectivity index (χ2v) is 6.05. The summed E-state index contributed by atoms with van der Waals surface area (Å²) in [6.45, 7) is 0.233. The van der Waals surface area contributed by atoms with Gasteiger partial charge in [-0.25, -0.2) is 0 Å². The fourth-order valence-corrected chi connectivity index (χ4v) is 2.80. The molecule has 0 radical (unpaired) electrons. The maximum atomic E-state index is 12.7. The highest BCUT2D eigenvalue weighted by molar-refractivity contribution is 6.30. The molecule has 1 aromatic heterocycles. The van der Waals surface area contributed by atoms with E-state index in [0.717, 1.165) is 22.4 Å². The highest BCUT2D eigenvalue weighted by Gasteiger charge is 2.20. The smallest absolute Gasteiger partial charge is 0.232 e. The fourth-order valence-electron chi connectivity index (χ4n) is 2.67. The highest BCUT2D eigenvalue weighted by Crippen LogP contribution is 2.21. The van der Waals surface area contributed by atoms with E-state index in [1.54, 1.807) is 18.3 Å². The summed E-state index contributed by atoms with van der Waals surface area (Å²) in [5.41, 5.74) is 9.59. The van der Waals surface area contributed by atoms with Gasteiger partial charge in [0.25, 0.3) is 0 Å². The van der Waals surface area contributed by atoms with Crippen LogP contribution in [0, 0.1) is 0 Å². The second-order valence-electron chi connectivity index (χ2n) is 5.61. The number of benzene rings is 1. The van der Waals surface area contributed by atoms with Crippen molar-refractivity contribution >= 4 is 29.7 Å². The molecule has 3 rings (SSSR count). The van der Waals surface area contributed by atoms with Crippen LogP contribution in [-0.2, 0) is 4.79 Å². The molecule has 3 N–H and O–H groups in total. The molecule has 1 aromatic carbocycles. The quantitative estimate of drug-likeness (QED) is 0.897. The number of amides is 1. The van der Waals surface area contributed by atoms with Gasteiger partial charge in [-0.05, 0) is 41.0 Å². The highest BCUT2D eigenvalue weighted by atomic mass is 35.5. The van der Waals surface area contributed by atoms with E-state index in [-0.39, 0.29) is 12.5 Å². The summed E-state index contributed by atoms with van der Waals surface area (Å²) in [5, 5.41) is 3.64. The van der Waals surface area contributed by atoms with E-state index in [1.165, 1.54) is 0 Å². The van der Waals surface area contributed by atoms with Crippen LogP contribution in [0.2, 0.25) is 5.02 Å². The Bertz CT molecular complexity index is 797. The lowest BCUT2D eigenvalue weighted by molar-refractivity contribution is -0.121. The molecule has 0 saturated carbocycles. The summed E-state index contributed by atoms with van der Waals surface area (Å²) in [5.74, 6) is -0.524. The molecule has 0 bridgehead atoms. The van der Waals surface area contributed by atoms with Crippen LogP contribution in [0.15, 0.2) is 54.5 Å². The first-order chi connectivity index (χ1) is 11.7. The number of hydrogen-bond donors (Lipinski definition) is 2. The van der Waals surface area contributed by atoms with E-state index in [1.807, 2.05) is 42.6 Å². The van der Waals surface area contributed by atoms with Gasteiger partial charge in [0.1, 0.15) is 0 Å². The molecule has 1 heterocycles. The average Bonchev–Trinajstić information content (AvgIpc) is 2.79. The largest absolute Gasteiger partial charge is 0.329 e. The Labute approximate surface area is 146 Å². The number of rotatable bonds is 4. The first kappa shape index (κ1) is 16.4. The number of allylic oxidation sites excluding steroid dienone is 1. The van der Waals surface area contributed by atoms with Gasteiger partial charge in [-0.3, -0.25) is 9.78 Å². The van der Waals surface area contributed by atoms with Crippen molar-refractivity contribution in [3.8, 4) is 0 Å². The molecule has 1 amide bonds. The predicted molar refractivity (Wildman–Crippen MR) is 97.3 cm³/mol. The zero-order valence-electron chi connectivity index (χ0n) is 13.1. The van der Waals surface area contributed by atoms with Gasteiger partial charge in [-0.2, -0.15) is 0 Å². The van der Waals surface area contributed by atoms with Gasteiger partial charge in [0.15, 0.2) is 0 Å². The number of nitrogens with zero attached hydrogens (tertiary/aromatic N) is 1. The number of aromatic nitrogens is 1. The van der Waals surface area contributed by atoms with Crippen molar-refractivity contribution in [2.45, 2.75) is 12.3 Å². The molecule has 4 nitrogen and oxygen atoms in total. The van der Waals surface area contributed by atoms with E-state index >= 15 is 0 Å². The van der Waals surface area contributed by atoms with Gasteiger partial charge in [-0.1, -0.05) is 35.9 Å². The van der Waals surface area contributed by atoms with Gasteiger partial charge in [-0.15, -0.1) is 0 Å². The molecule has 122 valence electrons. The van der Waals surface area contributed by atoms with Gasteiger partial charge >= 0.3 is 0 Å². The molecular formula is C19H18ClN3O. The molecule has 1 aliphatic rings. The van der Waals surface area contributed by atoms with Crippen molar-refractivity contribution < 1.29 is 4.79 Å². The van der Waals surface area contributed by atoms with Crippen molar-refractivity contribution in [1.82, 2.24) is 10.3 Å². The Morgan fingerprint density at radius 2 is 2.04 bits per heavy atom. The van der Waals surface area contributed by atoms with Crippen molar-refractivity contribution in [2.75, 3.05) is 6.54 Å². The molecule has 2 aromatic rings. The molecular weight excluding hydrogens is 322 g/mol. The van der Waals surface area contributed by atoms with Crippen LogP contribution in [0.25, 0.3) is 12.2 Å². The van der Waals surface area contributed by atoms with Crippen LogP contribution in [0.1, 0.15) is 29.0 Å². The Morgan fingerprint density at radius 1 is 1.25 bits per heavy atom. The first-order valence-electron chi connectivity index (χ1n) is 7.75. The van der Waals surface area contributed by atoms with Crippen molar-refractivity contribution in [2.24, 2.45) is 5.73 Å². The number of nitrogens with two attached hydrogens (primary N) is 1. The number of carbonyl (C=O) groups excluding carboxylic acids is 1. The normalized spacial score (nSPS) is 14.3. The number of carbonyl (C=O) groups is 1. The minimum atomic E-state index is -0.410. The molecule has 24 heavy (non-hydrogen) atoms. The summed E-state index contributed by atoms with van der Waals surface area (Å²) in [6, 6.07) is 9.13. The molecule has 0 spiro atoms. The van der Waals surface area contributed by atoms with E-state index in [9.17, 15) is 4.79 Å². The van der Waals surface area contributed by atoms with Crippen LogP contribution in [-0.4, -0.2) is 17.4 Å². The Kier molecular flexibility index (Phi) is 5.08. The number of hydrogen-bond acceptors (Lipinski definition) is 3. The molecule has 0 fully saturated rings. The van der Waals surface area contributed by atoms with E-state index < -0.39 is 5.92 Å². The predicted octanol–water partition coefficient (Wildman–Crippen LogP) is 3.35. The van der Waals surface area contributed by atoms with E-state index in [4.69, 9.17) is 17.3 Å². The standard InChI is InChI=1S/C19H18ClN3O/c20-16-6-4-13(5-7-16)18(11-21)19(24)23-17-3-1-2-15-12-22-9-8-14(15)10-17/h1-2,4-10,12,18H,3,11,21H2,(H,23,24). The van der Waals surface area contributed by atoms with Crippen molar-refractivity contribution in [1.29, 1.82) is 0 Å². The zero-order chi connectivity index (χ0) is 16.9. The van der Waals surface area contributed by atoms with E-state index in [0.29, 0.717) is 11.4 Å². The minimum absolute atomic E-state index is 0.114. The van der Waals surface area contributed by atoms with E-state index in [2.05, 4.69) is 10.3 Å². The number of pyridine rings is 1. The number of nitrogens with one attached hydrogen (secondary N) is 1. The molecule has 0 aliphatic heterocycles. The zero-order valence-corrected chi connectivity index (χ0v) is 13.8. The van der Waals surface area contributed by atoms with Gasteiger partial charge < -0.3 is 11.1 Å². The SMILES string of the molecule is NCC(C(=O)NC1=Cc2ccncc2C=CC1)c1ccc(Cl)cc1. The monoisotopic (exact) mass is 339 g/mol. The molecule has 5 heteroatoms. The third kappa shape index (κ3) is 3.72. The van der Waals surface area contributed by atoms with Gasteiger partial charge in [0, 0.05) is 36.1 Å². The van der Waals surface area contributed by atoms with Gasteiger partial charge in [0.05, 0.1) is 5.92 Å². The Morgan fingerprint density at radius 3 is 2.79 bits per heavy atom. The van der Waals surface area contributed by atoms with Crippen LogP contribution < -0.4 is 11.1 Å². The molecule has 1 atom stereocenters. The maximum absolute atomic E-state index is 12.7. The lowest BCUT2D eigenvalue weighted by Gasteiger charge is -2.16. The summed E-state index contributed by atoms with van der Waals surface area (Å²) in [7, 11) is 0. The summed E-state index contributed by atoms with van der Waals surface area (Å²) in [6.07, 6.45) is 10.2. The third-order valence-corrected chi connectivity index (χ3v) is 4.21. The van der Waals surface area contributed by atoms with Crippen molar-refractivity contribution in [3.63, 3.8) is 0 Å². The Hall–Kier alpha value is -2.43. The van der Waals surface area contributed by atoms with Gasteiger partial charge in [0.2, 0.25) is 5.91 Å². The number of fused-ring (bicyclic) bond motifs is 1. The first-order valence-corrected chi connectivity index (χ1v) is 8.12. The molecule has 0 saturated heterocycles. The molecule has 1 aliphatic carbocycles. The number of halogens is 1. The third-order valence-electron chi connectivity index (χ3n) is 3.96. The maximum Gasteiger partial charge on any atom is 0.232 e. The summed E-state index contributed by atoms with van der Waals surface area (Å²) in [4.78, 5) is 16.8. The molecule has 1 unspecified atom stereocenters. The lowest BCUT2D eigenvalue weighted by atomic mass is 9.98. The van der Waals surface area contributed by atoms with Crippen LogP contribution in [0.4, 0.5) is 0 Å². The Balaban J connectivity index is 1.80. The average molecular weight is 340 g/mol. The van der Waals surface area contributed by atoms with Crippen LogP contribution in [0.5, 0.6) is 0 Å². The fraction of sp³-hybridized carbons (Fsp3) is 0.158. The second kappa shape index (κ2) is 7.43. The minimum Gasteiger partial charge on any atom is -0.329 e. The van der Waals surface area contributed by atoms with Crippen LogP contribution >= 0.6 is 11.6 Å². The van der Waals surface area contributed by atoms with Crippen molar-refractivity contribution in [3.05, 3.63) is 76.2 Å². The topological polar surface area (TPSA) is 68.0 Å². The summed E-state index contributed by atoms with van der Waals surface area (Å²) >= 11 is 5.91. The summed E-state index contributed by atoms with van der Waals surface area (Å²) < 4.78 is 0. The van der Waals surface area contributed by atoms with Crippen LogP contribution in [0.3, 0.4) is 0 Å². The lowest BCUT2D eigenvalue weighted by Crippen LogP contribution is -2.32.